The number of hydrogen-bond acceptors (Lipinski definition) is 4. The number of halogens is 2. The zero-order chi connectivity index (χ0) is 27.2. The van der Waals surface area contributed by atoms with Crippen molar-refractivity contribution in [3.8, 4) is 0 Å². The highest BCUT2D eigenvalue weighted by Crippen LogP contribution is 2.28. The van der Waals surface area contributed by atoms with Crippen LogP contribution in [0.15, 0.2) is 84.9 Å². The molecule has 4 rings (SSSR count). The number of aliphatic hydroxyl groups is 1. The first-order valence-corrected chi connectivity index (χ1v) is 12.1. The molecule has 0 unspecified atom stereocenters. The molecule has 0 saturated carbocycles. The van der Waals surface area contributed by atoms with E-state index in [0.717, 1.165) is 28.8 Å². The Hall–Kier alpha value is -4.37. The quantitative estimate of drug-likeness (QED) is 0.384. The third-order valence-electron chi connectivity index (χ3n) is 6.23. The van der Waals surface area contributed by atoms with Gasteiger partial charge in [-0.25, -0.2) is 8.78 Å². The summed E-state index contributed by atoms with van der Waals surface area (Å²) in [6.07, 6.45) is 0.265. The van der Waals surface area contributed by atoms with E-state index in [2.05, 4.69) is 16.0 Å². The Bertz CT molecular complexity index is 1330. The maximum absolute atomic E-state index is 13.5. The fraction of sp³-hybridized carbons (Fsp3) is 0.207. The molecular weight excluding hydrogens is 492 g/mol. The molecule has 0 saturated heterocycles. The van der Waals surface area contributed by atoms with E-state index in [0.29, 0.717) is 6.07 Å². The Morgan fingerprint density at radius 2 is 1.55 bits per heavy atom. The fourth-order valence-electron chi connectivity index (χ4n) is 4.24. The summed E-state index contributed by atoms with van der Waals surface area (Å²) in [6.45, 7) is 1.38. The van der Waals surface area contributed by atoms with Gasteiger partial charge in [-0.3, -0.25) is 14.4 Å². The molecule has 1 aliphatic rings. The average Bonchev–Trinajstić information content (AvgIpc) is 3.07. The van der Waals surface area contributed by atoms with Gasteiger partial charge < -0.3 is 21.1 Å². The highest BCUT2D eigenvalue weighted by molar-refractivity contribution is 5.94. The van der Waals surface area contributed by atoms with Crippen LogP contribution in [-0.2, 0) is 14.4 Å². The van der Waals surface area contributed by atoms with Gasteiger partial charge in [-0.2, -0.15) is 0 Å². The first-order chi connectivity index (χ1) is 18.2. The van der Waals surface area contributed by atoms with Crippen molar-refractivity contribution in [1.82, 2.24) is 16.0 Å². The van der Waals surface area contributed by atoms with Gasteiger partial charge >= 0.3 is 0 Å². The van der Waals surface area contributed by atoms with Crippen LogP contribution in [0.1, 0.15) is 42.2 Å². The van der Waals surface area contributed by atoms with Gasteiger partial charge in [-0.1, -0.05) is 66.7 Å². The molecule has 0 bridgehead atoms. The third kappa shape index (κ3) is 6.49. The Morgan fingerprint density at radius 3 is 2.18 bits per heavy atom. The summed E-state index contributed by atoms with van der Waals surface area (Å²) < 4.78 is 26.9. The molecular formula is C29H27F2N3O4. The van der Waals surface area contributed by atoms with Gasteiger partial charge in [-0.05, 0) is 41.3 Å². The van der Waals surface area contributed by atoms with Crippen LogP contribution in [-0.4, -0.2) is 34.9 Å². The van der Waals surface area contributed by atoms with Crippen LogP contribution in [0.3, 0.4) is 0 Å². The maximum Gasteiger partial charge on any atom is 0.254 e. The number of aliphatic hydroxyl groups excluding tert-OH is 1. The Kier molecular flexibility index (Phi) is 8.28. The molecule has 3 aromatic carbocycles. The SMILES string of the molecule is C[C@H](NC(=O)[C@H](O)c1cc(F)cc(F)c1)C(=O)N[C@H]1CC(c2ccccc2)=C[C@H](c2ccccc2)NC1=O. The molecule has 1 heterocycles. The molecule has 4 N–H and O–H groups in total. The second kappa shape index (κ2) is 11.8. The predicted molar refractivity (Wildman–Crippen MR) is 137 cm³/mol. The highest BCUT2D eigenvalue weighted by Gasteiger charge is 2.31. The van der Waals surface area contributed by atoms with Crippen LogP contribution in [0, 0.1) is 11.6 Å². The lowest BCUT2D eigenvalue weighted by Crippen LogP contribution is -2.53. The molecule has 0 fully saturated rings. The Balaban J connectivity index is 1.48. The second-order valence-electron chi connectivity index (χ2n) is 9.06. The van der Waals surface area contributed by atoms with Gasteiger partial charge in [0.05, 0.1) is 6.04 Å². The topological polar surface area (TPSA) is 108 Å². The fourth-order valence-corrected chi connectivity index (χ4v) is 4.24. The smallest absolute Gasteiger partial charge is 0.254 e. The second-order valence-corrected chi connectivity index (χ2v) is 9.06. The molecule has 9 heteroatoms. The van der Waals surface area contributed by atoms with Gasteiger partial charge in [-0.15, -0.1) is 0 Å². The number of hydrogen-bond donors (Lipinski definition) is 4. The minimum atomic E-state index is -1.89. The van der Waals surface area contributed by atoms with Crippen molar-refractivity contribution in [2.75, 3.05) is 0 Å². The van der Waals surface area contributed by atoms with E-state index < -0.39 is 53.6 Å². The van der Waals surface area contributed by atoms with Crippen molar-refractivity contribution in [2.45, 2.75) is 37.6 Å². The lowest BCUT2D eigenvalue weighted by molar-refractivity contribution is -0.135. The third-order valence-corrected chi connectivity index (χ3v) is 6.23. The zero-order valence-electron chi connectivity index (χ0n) is 20.5. The van der Waals surface area contributed by atoms with Crippen LogP contribution >= 0.6 is 0 Å². The molecule has 0 spiro atoms. The van der Waals surface area contributed by atoms with E-state index in [4.69, 9.17) is 0 Å². The summed E-state index contributed by atoms with van der Waals surface area (Å²) in [4.78, 5) is 38.5. The summed E-state index contributed by atoms with van der Waals surface area (Å²) >= 11 is 0. The van der Waals surface area contributed by atoms with Crippen molar-refractivity contribution < 1.29 is 28.3 Å². The summed E-state index contributed by atoms with van der Waals surface area (Å²) in [5.74, 6) is -3.98. The van der Waals surface area contributed by atoms with Gasteiger partial charge in [0.1, 0.15) is 23.7 Å². The first kappa shape index (κ1) is 26.7. The standard InChI is InChI=1S/C29H27F2N3O4/c1-17(32-29(38)26(35)21-12-22(30)16-23(31)13-21)27(36)34-25-15-20(18-8-4-2-5-9-18)14-24(33-28(25)37)19-10-6-3-7-11-19/h2-14,16-17,24-26,35H,15H2,1H3,(H,32,38)(H,33,37)(H,34,36)/t17-,24+,25-,26+/m0/s1. The normalized spacial score (nSPS) is 18.8. The van der Waals surface area contributed by atoms with Gasteiger partial charge in [0, 0.05) is 12.5 Å². The molecule has 38 heavy (non-hydrogen) atoms. The molecule has 1 aliphatic heterocycles. The molecule has 3 aromatic rings. The molecule has 3 amide bonds. The lowest BCUT2D eigenvalue weighted by Gasteiger charge is -2.22. The summed E-state index contributed by atoms with van der Waals surface area (Å²) in [5, 5.41) is 18.2. The van der Waals surface area contributed by atoms with E-state index in [-0.39, 0.29) is 12.0 Å². The minimum absolute atomic E-state index is 0.205. The Morgan fingerprint density at radius 1 is 0.947 bits per heavy atom. The monoisotopic (exact) mass is 519 g/mol. The van der Waals surface area contributed by atoms with Gasteiger partial charge in [0.2, 0.25) is 11.8 Å². The number of amides is 3. The van der Waals surface area contributed by atoms with Crippen LogP contribution < -0.4 is 16.0 Å². The van der Waals surface area contributed by atoms with Crippen LogP contribution in [0.4, 0.5) is 8.78 Å². The number of rotatable bonds is 7. The molecule has 0 aromatic heterocycles. The zero-order valence-corrected chi connectivity index (χ0v) is 20.5. The predicted octanol–water partition coefficient (Wildman–Crippen LogP) is 3.33. The number of benzene rings is 3. The molecule has 4 atom stereocenters. The van der Waals surface area contributed by atoms with Crippen LogP contribution in [0.25, 0.3) is 5.57 Å². The average molecular weight is 520 g/mol. The van der Waals surface area contributed by atoms with Crippen molar-refractivity contribution in [2.24, 2.45) is 0 Å². The maximum atomic E-state index is 13.5. The van der Waals surface area contributed by atoms with Gasteiger partial charge in [0.15, 0.2) is 6.10 Å². The Labute approximate surface area is 218 Å². The summed E-state index contributed by atoms with van der Waals surface area (Å²) in [5.41, 5.74) is 2.34. The largest absolute Gasteiger partial charge is 0.378 e. The van der Waals surface area contributed by atoms with Crippen molar-refractivity contribution in [3.63, 3.8) is 0 Å². The van der Waals surface area contributed by atoms with Crippen LogP contribution in [0.2, 0.25) is 0 Å². The van der Waals surface area contributed by atoms with Crippen molar-refractivity contribution in [1.29, 1.82) is 0 Å². The molecule has 0 radical (unpaired) electrons. The van der Waals surface area contributed by atoms with E-state index in [1.807, 2.05) is 66.7 Å². The number of carbonyl (C=O) groups is 3. The van der Waals surface area contributed by atoms with E-state index >= 15 is 0 Å². The number of nitrogens with one attached hydrogen (secondary N) is 3. The van der Waals surface area contributed by atoms with E-state index in [1.165, 1.54) is 6.92 Å². The number of carbonyl (C=O) groups excluding carboxylic acids is 3. The van der Waals surface area contributed by atoms with Crippen LogP contribution in [0.5, 0.6) is 0 Å². The van der Waals surface area contributed by atoms with Gasteiger partial charge in [0.25, 0.3) is 5.91 Å². The molecule has 0 aliphatic carbocycles. The summed E-state index contributed by atoms with van der Waals surface area (Å²) in [7, 11) is 0. The summed E-state index contributed by atoms with van der Waals surface area (Å²) in [6, 6.07) is 18.7. The molecule has 7 nitrogen and oxygen atoms in total. The van der Waals surface area contributed by atoms with E-state index in [9.17, 15) is 28.3 Å². The van der Waals surface area contributed by atoms with Crippen molar-refractivity contribution in [3.05, 3.63) is 113 Å². The lowest BCUT2D eigenvalue weighted by atomic mass is 9.96. The first-order valence-electron chi connectivity index (χ1n) is 12.1. The molecule has 196 valence electrons. The van der Waals surface area contributed by atoms with E-state index in [1.54, 1.807) is 0 Å². The minimum Gasteiger partial charge on any atom is -0.378 e. The van der Waals surface area contributed by atoms with Crippen molar-refractivity contribution >= 4 is 23.3 Å². The highest BCUT2D eigenvalue weighted by atomic mass is 19.1.